The van der Waals surface area contributed by atoms with Gasteiger partial charge in [0.25, 0.3) is 0 Å². The molecule has 1 aromatic heterocycles. The first-order valence-corrected chi connectivity index (χ1v) is 2.30. The van der Waals surface area contributed by atoms with Gasteiger partial charge in [0.2, 0.25) is 0 Å². The lowest BCUT2D eigenvalue weighted by molar-refractivity contribution is 1.37. The number of hydrogen-bond acceptors (Lipinski definition) is 2. The number of hydrogen-bond donors (Lipinski definition) is 0. The van der Waals surface area contributed by atoms with Crippen LogP contribution < -0.4 is 5.43 Å². The summed E-state index contributed by atoms with van der Waals surface area (Å²) in [5.74, 6) is 0. The number of nitrogens with zero attached hydrogens (tertiary/aromatic N) is 1. The van der Waals surface area contributed by atoms with Crippen LogP contribution in [0.5, 0.6) is 0 Å². The van der Waals surface area contributed by atoms with Gasteiger partial charge in [-0.1, -0.05) is 0 Å². The van der Waals surface area contributed by atoms with Gasteiger partial charge in [-0.05, 0) is 12.1 Å². The summed E-state index contributed by atoms with van der Waals surface area (Å²) in [6.45, 7) is 0. The van der Waals surface area contributed by atoms with E-state index in [0.717, 1.165) is 0 Å². The van der Waals surface area contributed by atoms with Crippen LogP contribution in [0.25, 0.3) is 0 Å². The molecule has 1 unspecified atom stereocenters. The Morgan fingerprint density at radius 1 is 1.22 bits per heavy atom. The second-order valence-corrected chi connectivity index (χ2v) is 1.38. The maximum Gasteiger partial charge on any atom is 0.180 e. The first kappa shape index (κ1) is 8.25. The number of aromatic nitrogens is 1. The zero-order valence-electron chi connectivity index (χ0n) is 4.95. The minimum Gasteiger partial charge on any atom is -0.290 e. The summed E-state index contributed by atoms with van der Waals surface area (Å²) in [6.07, 6.45) is 3.05. The van der Waals surface area contributed by atoms with Gasteiger partial charge in [-0.25, -0.2) is 0 Å². The van der Waals surface area contributed by atoms with Crippen LogP contribution in [0.2, 0.25) is 0 Å². The van der Waals surface area contributed by atoms with Gasteiger partial charge in [0.05, 0.1) is 0 Å². The lowest BCUT2D eigenvalue weighted by Crippen LogP contribution is -1.87. The van der Waals surface area contributed by atoms with E-state index in [1.54, 1.807) is 12.3 Å². The fourth-order valence-corrected chi connectivity index (χ4v) is 0.409. The van der Waals surface area contributed by atoms with Gasteiger partial charge in [-0.2, -0.15) is 9.90 Å². The van der Waals surface area contributed by atoms with Crippen molar-refractivity contribution in [2.24, 2.45) is 0 Å². The molecular formula is C6H8NOP. The molecule has 1 heterocycles. The monoisotopic (exact) mass is 141 g/mol. The summed E-state index contributed by atoms with van der Waals surface area (Å²) in [4.78, 5) is 14.1. The smallest absolute Gasteiger partial charge is 0.180 e. The molecule has 0 aromatic carbocycles. The van der Waals surface area contributed by atoms with E-state index >= 15 is 0 Å². The van der Waals surface area contributed by atoms with Crippen LogP contribution in [0.3, 0.4) is 0 Å². The van der Waals surface area contributed by atoms with Crippen molar-refractivity contribution in [1.82, 2.24) is 4.98 Å². The average Bonchev–Trinajstić information content (AvgIpc) is 1.94. The molecule has 1 aromatic rings. The molecule has 48 valence electrons. The third-order valence-corrected chi connectivity index (χ3v) is 0.757. The highest BCUT2D eigenvalue weighted by Crippen LogP contribution is 1.66. The van der Waals surface area contributed by atoms with Gasteiger partial charge >= 0.3 is 0 Å². The van der Waals surface area contributed by atoms with Crippen molar-refractivity contribution in [3.63, 3.8) is 0 Å². The number of rotatable bonds is 0. The van der Waals surface area contributed by atoms with Crippen LogP contribution >= 0.6 is 9.90 Å². The topological polar surface area (TPSA) is 30.0 Å². The lowest BCUT2D eigenvalue weighted by Gasteiger charge is -1.55. The van der Waals surface area contributed by atoms with E-state index in [2.05, 4.69) is 4.98 Å². The highest BCUT2D eigenvalue weighted by molar-refractivity contribution is 6.92. The molecular weight excluding hydrogens is 133 g/mol. The lowest BCUT2D eigenvalue weighted by atomic mass is 10.5. The maximum absolute atomic E-state index is 10.4. The summed E-state index contributed by atoms with van der Waals surface area (Å²) < 4.78 is 0. The van der Waals surface area contributed by atoms with Crippen molar-refractivity contribution >= 4 is 9.90 Å². The van der Waals surface area contributed by atoms with Gasteiger partial charge in [-0.15, -0.1) is 0 Å². The van der Waals surface area contributed by atoms with Crippen molar-refractivity contribution in [3.8, 4) is 0 Å². The molecule has 0 saturated carbocycles. The molecule has 0 aliphatic rings. The van der Waals surface area contributed by atoms with Crippen molar-refractivity contribution in [2.75, 3.05) is 0 Å². The Kier molecular flexibility index (Phi) is 3.81. The van der Waals surface area contributed by atoms with Crippen LogP contribution in [0, 0.1) is 0 Å². The van der Waals surface area contributed by atoms with E-state index in [9.17, 15) is 4.79 Å². The van der Waals surface area contributed by atoms with E-state index in [4.69, 9.17) is 0 Å². The first-order valence-electron chi connectivity index (χ1n) is 2.30. The Morgan fingerprint density at radius 3 is 2.78 bits per heavy atom. The summed E-state index contributed by atoms with van der Waals surface area (Å²) in [5.41, 5.74) is -0.0116. The van der Waals surface area contributed by atoms with E-state index in [1.807, 2.05) is 0 Å². The van der Waals surface area contributed by atoms with Gasteiger partial charge in [0.15, 0.2) is 5.43 Å². The second-order valence-electron chi connectivity index (χ2n) is 1.38. The van der Waals surface area contributed by atoms with Gasteiger partial charge in [0.1, 0.15) is 0 Å². The fourth-order valence-electron chi connectivity index (χ4n) is 0.409. The third kappa shape index (κ3) is 2.94. The van der Waals surface area contributed by atoms with Crippen LogP contribution in [0.1, 0.15) is 0 Å². The molecule has 9 heavy (non-hydrogen) atoms. The molecule has 0 aliphatic carbocycles. The third-order valence-electron chi connectivity index (χ3n) is 0.757. The molecule has 1 atom stereocenters. The summed E-state index contributed by atoms with van der Waals surface area (Å²) in [7, 11) is 0. The Balaban J connectivity index is 0.000000640. The Labute approximate surface area is 56.6 Å². The molecule has 0 aliphatic heterocycles. The predicted molar refractivity (Wildman–Crippen MR) is 41.6 cm³/mol. The first-order chi connectivity index (χ1) is 3.89. The van der Waals surface area contributed by atoms with Gasteiger partial charge in [-0.3, -0.25) is 9.78 Å². The van der Waals surface area contributed by atoms with E-state index < -0.39 is 0 Å². The van der Waals surface area contributed by atoms with Crippen LogP contribution in [0.15, 0.2) is 35.4 Å². The normalized spacial score (nSPS) is 7.56. The van der Waals surface area contributed by atoms with E-state index in [1.165, 1.54) is 18.3 Å². The summed E-state index contributed by atoms with van der Waals surface area (Å²) in [6, 6.07) is 4.50. The minimum atomic E-state index is -0.0116. The average molecular weight is 141 g/mol. The molecule has 0 bridgehead atoms. The summed E-state index contributed by atoms with van der Waals surface area (Å²) in [5, 5.41) is 0. The molecule has 0 radical (unpaired) electrons. The zero-order chi connectivity index (χ0) is 5.82. The molecule has 0 amide bonds. The Morgan fingerprint density at radius 2 is 2.00 bits per heavy atom. The predicted octanol–water partition coefficient (Wildman–Crippen LogP) is 0.500. The van der Waals surface area contributed by atoms with Gasteiger partial charge < -0.3 is 0 Å². The van der Waals surface area contributed by atoms with Crippen molar-refractivity contribution in [2.45, 2.75) is 0 Å². The molecule has 1 rings (SSSR count). The SMILES string of the molecule is O=c1cccncc1.P. The molecule has 0 N–H and O–H groups in total. The zero-order valence-corrected chi connectivity index (χ0v) is 6.36. The van der Waals surface area contributed by atoms with Crippen LogP contribution in [0.4, 0.5) is 0 Å². The highest BCUT2D eigenvalue weighted by atomic mass is 31.0. The Hall–Kier alpha value is -0.750. The standard InChI is InChI=1S/C6H5NO.H3P/c8-6-2-1-4-7-5-3-6;/h1-5H;1H3. The van der Waals surface area contributed by atoms with Crippen LogP contribution in [-0.2, 0) is 0 Å². The van der Waals surface area contributed by atoms with Gasteiger partial charge in [0, 0.05) is 18.5 Å². The highest BCUT2D eigenvalue weighted by Gasteiger charge is 1.70. The van der Waals surface area contributed by atoms with E-state index in [0.29, 0.717) is 0 Å². The second kappa shape index (κ2) is 4.16. The van der Waals surface area contributed by atoms with Crippen molar-refractivity contribution in [1.29, 1.82) is 0 Å². The molecule has 0 spiro atoms. The van der Waals surface area contributed by atoms with Crippen molar-refractivity contribution in [3.05, 3.63) is 40.8 Å². The van der Waals surface area contributed by atoms with Crippen molar-refractivity contribution < 1.29 is 0 Å². The maximum atomic E-state index is 10.4. The molecule has 2 nitrogen and oxygen atoms in total. The van der Waals surface area contributed by atoms with Crippen LogP contribution in [-0.4, -0.2) is 4.98 Å². The molecule has 0 saturated heterocycles. The fraction of sp³-hybridized carbons (Fsp3) is 0. The van der Waals surface area contributed by atoms with E-state index in [-0.39, 0.29) is 15.3 Å². The minimum absolute atomic E-state index is 0. The largest absolute Gasteiger partial charge is 0.290 e. The summed E-state index contributed by atoms with van der Waals surface area (Å²) >= 11 is 0. The molecule has 0 fully saturated rings. The quantitative estimate of drug-likeness (QED) is 0.492. The Bertz CT molecular complexity index is 204. The molecule has 3 heteroatoms.